The number of allylic oxidation sites excluding steroid dienone is 1. The zero-order chi connectivity index (χ0) is 19.4. The average molecular weight is 382 g/mol. The normalized spacial score (nSPS) is 19.7. The van der Waals surface area contributed by atoms with E-state index >= 15 is 0 Å². The Labute approximate surface area is 168 Å². The van der Waals surface area contributed by atoms with Gasteiger partial charge in [-0.2, -0.15) is 5.10 Å². The van der Waals surface area contributed by atoms with Crippen molar-refractivity contribution in [1.82, 2.24) is 19.7 Å². The molecular weight excluding hydrogens is 362 g/mol. The minimum Gasteiger partial charge on any atom is -0.354 e. The Morgan fingerprint density at radius 2 is 2.10 bits per heavy atom. The van der Waals surface area contributed by atoms with Crippen LogP contribution >= 0.6 is 0 Å². The summed E-state index contributed by atoms with van der Waals surface area (Å²) in [6, 6.07) is 10.8. The number of aromatic nitrogens is 4. The fourth-order valence-corrected chi connectivity index (χ4v) is 4.21. The van der Waals surface area contributed by atoms with Gasteiger partial charge >= 0.3 is 0 Å². The Morgan fingerprint density at radius 3 is 2.93 bits per heavy atom. The summed E-state index contributed by atoms with van der Waals surface area (Å²) < 4.78 is 4.10. The summed E-state index contributed by atoms with van der Waals surface area (Å²) in [7, 11) is 2.04. The number of anilines is 1. The molecule has 0 spiro atoms. The molecule has 6 rings (SSSR count). The fraction of sp³-hybridized carbons (Fsp3) is 0.227. The monoisotopic (exact) mass is 382 g/mol. The number of hydrogen-bond acceptors (Lipinski definition) is 5. The van der Waals surface area contributed by atoms with E-state index in [2.05, 4.69) is 61.2 Å². The molecule has 3 aliphatic rings. The lowest BCUT2D eigenvalue weighted by molar-refractivity contribution is -0.423. The number of hydrogen-bond donors (Lipinski definition) is 0. The largest absolute Gasteiger partial charge is 0.354 e. The first-order valence-electron chi connectivity index (χ1n) is 9.83. The Morgan fingerprint density at radius 1 is 1.17 bits per heavy atom. The molecule has 1 aromatic carbocycles. The Balaban J connectivity index is 1.24. The van der Waals surface area contributed by atoms with E-state index in [-0.39, 0.29) is 0 Å². The van der Waals surface area contributed by atoms with Gasteiger partial charge in [0.15, 0.2) is 12.4 Å². The highest BCUT2D eigenvalue weighted by atomic mass is 15.3. The SMILES string of the molecule is C[N+]1=CC(c2ccc3c(c2)C(c2cc(N4CCC(n5cccn5)C4)ncn2)=N3)=C1. The van der Waals surface area contributed by atoms with Gasteiger partial charge in [-0.25, -0.2) is 19.5 Å². The standard InChI is InChI=1S/C22H20N7/c1-27-11-16(12-27)15-3-4-19-18(9-15)22(26-19)20-10-21(24-14-23-20)28-8-5-17(13-28)29-7-2-6-25-29/h2-4,6-7,9-12,14,17H,5,8,13H2,1H3/q+1. The van der Waals surface area contributed by atoms with Crippen molar-refractivity contribution in [1.29, 1.82) is 0 Å². The molecule has 0 amide bonds. The van der Waals surface area contributed by atoms with Crippen molar-refractivity contribution in [2.24, 2.45) is 4.99 Å². The highest BCUT2D eigenvalue weighted by Crippen LogP contribution is 2.35. The number of aliphatic imine (C=N–C) groups is 1. The van der Waals surface area contributed by atoms with Crippen molar-refractivity contribution in [3.63, 3.8) is 0 Å². The summed E-state index contributed by atoms with van der Waals surface area (Å²) >= 11 is 0. The first-order valence-corrected chi connectivity index (χ1v) is 9.83. The molecule has 1 atom stereocenters. The number of fused-ring (bicyclic) bond motifs is 1. The van der Waals surface area contributed by atoms with Gasteiger partial charge in [-0.05, 0) is 30.2 Å². The van der Waals surface area contributed by atoms with Crippen molar-refractivity contribution >= 4 is 29.0 Å². The second-order valence-corrected chi connectivity index (χ2v) is 7.71. The summed E-state index contributed by atoms with van der Waals surface area (Å²) in [4.78, 5) is 16.0. The minimum absolute atomic E-state index is 0.387. The van der Waals surface area contributed by atoms with Crippen LogP contribution in [0, 0.1) is 0 Å². The van der Waals surface area contributed by atoms with Crippen LogP contribution < -0.4 is 4.90 Å². The first-order chi connectivity index (χ1) is 14.2. The predicted molar refractivity (Wildman–Crippen MR) is 112 cm³/mol. The third-order valence-electron chi connectivity index (χ3n) is 5.78. The van der Waals surface area contributed by atoms with Crippen LogP contribution in [0.4, 0.5) is 11.5 Å². The first kappa shape index (κ1) is 16.4. The van der Waals surface area contributed by atoms with Crippen LogP contribution in [0.1, 0.15) is 29.3 Å². The van der Waals surface area contributed by atoms with E-state index in [0.717, 1.165) is 48.0 Å². The van der Waals surface area contributed by atoms with Gasteiger partial charge in [-0.3, -0.25) is 4.68 Å². The smallest absolute Gasteiger partial charge is 0.182 e. The van der Waals surface area contributed by atoms with Crippen LogP contribution in [-0.2, 0) is 0 Å². The molecule has 0 saturated carbocycles. The summed E-state index contributed by atoms with van der Waals surface area (Å²) in [5, 5.41) is 4.39. The summed E-state index contributed by atoms with van der Waals surface area (Å²) in [5.41, 5.74) is 6.47. The topological polar surface area (TPSA) is 62.2 Å². The maximum Gasteiger partial charge on any atom is 0.182 e. The molecule has 0 N–H and O–H groups in total. The lowest BCUT2D eigenvalue weighted by Gasteiger charge is -2.21. The van der Waals surface area contributed by atoms with E-state index in [1.165, 1.54) is 11.1 Å². The molecule has 0 radical (unpaired) electrons. The molecule has 7 nitrogen and oxygen atoms in total. The van der Waals surface area contributed by atoms with Crippen LogP contribution in [0.2, 0.25) is 0 Å². The highest BCUT2D eigenvalue weighted by molar-refractivity contribution is 6.22. The molecule has 0 bridgehead atoms. The lowest BCUT2D eigenvalue weighted by Crippen LogP contribution is -2.23. The number of rotatable bonds is 4. The molecule has 3 aromatic rings. The second-order valence-electron chi connectivity index (χ2n) is 7.71. The van der Waals surface area contributed by atoms with Gasteiger partial charge in [0.2, 0.25) is 0 Å². The van der Waals surface area contributed by atoms with Gasteiger partial charge < -0.3 is 4.90 Å². The fourth-order valence-electron chi connectivity index (χ4n) is 4.21. The van der Waals surface area contributed by atoms with Crippen molar-refractivity contribution < 1.29 is 4.58 Å². The van der Waals surface area contributed by atoms with Gasteiger partial charge in [0, 0.05) is 37.1 Å². The van der Waals surface area contributed by atoms with Crippen LogP contribution in [0.25, 0.3) is 5.57 Å². The van der Waals surface area contributed by atoms with E-state index < -0.39 is 0 Å². The third kappa shape index (κ3) is 2.69. The van der Waals surface area contributed by atoms with E-state index in [9.17, 15) is 0 Å². The molecule has 0 aliphatic carbocycles. The molecule has 1 unspecified atom stereocenters. The van der Waals surface area contributed by atoms with Crippen molar-refractivity contribution in [2.45, 2.75) is 12.5 Å². The van der Waals surface area contributed by atoms with Crippen LogP contribution in [0.15, 0.2) is 60.2 Å². The van der Waals surface area contributed by atoms with Gasteiger partial charge in [-0.1, -0.05) is 6.07 Å². The zero-order valence-corrected chi connectivity index (χ0v) is 16.1. The van der Waals surface area contributed by atoms with Gasteiger partial charge in [-0.15, -0.1) is 0 Å². The van der Waals surface area contributed by atoms with E-state index in [0.29, 0.717) is 6.04 Å². The molecule has 1 saturated heterocycles. The maximum atomic E-state index is 4.69. The maximum absolute atomic E-state index is 4.69. The molecule has 2 aromatic heterocycles. The summed E-state index contributed by atoms with van der Waals surface area (Å²) in [6.45, 7) is 1.87. The molecular formula is C22H20N7+. The molecule has 7 heteroatoms. The average Bonchev–Trinajstić information content (AvgIpc) is 3.39. The molecule has 3 aliphatic heterocycles. The van der Waals surface area contributed by atoms with Crippen LogP contribution in [-0.4, -0.2) is 56.4 Å². The van der Waals surface area contributed by atoms with Gasteiger partial charge in [0.1, 0.15) is 24.8 Å². The summed E-state index contributed by atoms with van der Waals surface area (Å²) in [6.07, 6.45) is 10.8. The quantitative estimate of drug-likeness (QED) is 0.509. The van der Waals surface area contributed by atoms with Crippen LogP contribution in [0.3, 0.4) is 0 Å². The zero-order valence-electron chi connectivity index (χ0n) is 16.1. The molecule has 142 valence electrons. The molecule has 5 heterocycles. The summed E-state index contributed by atoms with van der Waals surface area (Å²) in [5.74, 6) is 0.952. The highest BCUT2D eigenvalue weighted by Gasteiger charge is 2.28. The van der Waals surface area contributed by atoms with E-state index in [4.69, 9.17) is 4.99 Å². The number of nitrogens with zero attached hydrogens (tertiary/aromatic N) is 7. The van der Waals surface area contributed by atoms with Gasteiger partial charge in [0.05, 0.1) is 23.1 Å². The van der Waals surface area contributed by atoms with E-state index in [1.807, 2.05) is 30.2 Å². The third-order valence-corrected chi connectivity index (χ3v) is 5.78. The number of benzene rings is 1. The van der Waals surface area contributed by atoms with Gasteiger partial charge in [0.25, 0.3) is 0 Å². The van der Waals surface area contributed by atoms with Crippen molar-refractivity contribution in [3.05, 3.63) is 72.1 Å². The van der Waals surface area contributed by atoms with Crippen molar-refractivity contribution in [3.8, 4) is 0 Å². The Hall–Kier alpha value is -3.61. The Bertz CT molecular complexity index is 1200. The van der Waals surface area contributed by atoms with Crippen LogP contribution in [0.5, 0.6) is 0 Å². The second kappa shape index (κ2) is 6.20. The molecule has 1 fully saturated rings. The Kier molecular flexibility index (Phi) is 3.50. The van der Waals surface area contributed by atoms with E-state index in [1.54, 1.807) is 6.33 Å². The lowest BCUT2D eigenvalue weighted by atomic mass is 9.94. The van der Waals surface area contributed by atoms with Crippen molar-refractivity contribution in [2.75, 3.05) is 25.0 Å². The molecule has 29 heavy (non-hydrogen) atoms. The predicted octanol–water partition coefficient (Wildman–Crippen LogP) is 2.67. The minimum atomic E-state index is 0.387.